The third-order valence-electron chi connectivity index (χ3n) is 3.67. The topological polar surface area (TPSA) is 29.1 Å². The number of hydrogen-bond donors (Lipinski definition) is 1. The minimum absolute atomic E-state index is 0.0398. The summed E-state index contributed by atoms with van der Waals surface area (Å²) in [7, 11) is 0. The molecule has 0 bridgehead atoms. The van der Waals surface area contributed by atoms with Crippen LogP contribution in [0.3, 0.4) is 0 Å². The SMILES string of the molecule is O=C(NC1CC1)C1(F)C(F)(F)C(F)(F)C(F)(F)C(F)(F)C1(F)F. The normalized spacial score (nSPS) is 32.1. The summed E-state index contributed by atoms with van der Waals surface area (Å²) in [6.45, 7) is 0. The van der Waals surface area contributed by atoms with Gasteiger partial charge in [0.05, 0.1) is 0 Å². The lowest BCUT2D eigenvalue weighted by molar-refractivity contribution is -0.476. The second-order valence-electron chi connectivity index (χ2n) is 5.28. The van der Waals surface area contributed by atoms with E-state index in [1.807, 2.05) is 0 Å². The van der Waals surface area contributed by atoms with Crippen LogP contribution < -0.4 is 5.32 Å². The van der Waals surface area contributed by atoms with Crippen molar-refractivity contribution in [3.8, 4) is 0 Å². The van der Waals surface area contributed by atoms with Crippen molar-refractivity contribution in [3.63, 3.8) is 0 Å². The summed E-state index contributed by atoms with van der Waals surface area (Å²) in [4.78, 5) is 11.2. The Morgan fingerprint density at radius 1 is 0.652 bits per heavy atom. The van der Waals surface area contributed by atoms with Crippen molar-refractivity contribution < 1.29 is 53.1 Å². The highest BCUT2D eigenvalue weighted by Gasteiger charge is 3.02. The lowest BCUT2D eigenvalue weighted by atomic mass is 9.71. The number of amides is 1. The molecular formula is C10H6F11NO. The minimum Gasteiger partial charge on any atom is -0.350 e. The molecule has 2 saturated carbocycles. The van der Waals surface area contributed by atoms with Crippen molar-refractivity contribution in [3.05, 3.63) is 0 Å². The molecule has 2 rings (SSSR count). The van der Waals surface area contributed by atoms with Crippen LogP contribution in [0.15, 0.2) is 0 Å². The molecule has 23 heavy (non-hydrogen) atoms. The summed E-state index contributed by atoms with van der Waals surface area (Å²) in [6, 6.07) is -1.17. The van der Waals surface area contributed by atoms with Crippen LogP contribution in [-0.2, 0) is 4.79 Å². The van der Waals surface area contributed by atoms with Crippen LogP contribution in [0.4, 0.5) is 48.3 Å². The Morgan fingerprint density at radius 3 is 1.26 bits per heavy atom. The monoisotopic (exact) mass is 365 g/mol. The molecule has 1 N–H and O–H groups in total. The molecule has 0 radical (unpaired) electrons. The molecule has 134 valence electrons. The van der Waals surface area contributed by atoms with E-state index in [1.165, 1.54) is 0 Å². The van der Waals surface area contributed by atoms with Crippen molar-refractivity contribution in [2.75, 3.05) is 0 Å². The van der Waals surface area contributed by atoms with Crippen LogP contribution in [-0.4, -0.2) is 47.2 Å². The molecule has 0 aromatic heterocycles. The summed E-state index contributed by atoms with van der Waals surface area (Å²) < 4.78 is 146. The number of nitrogens with one attached hydrogen (secondary N) is 1. The number of carbonyl (C=O) groups excluding carboxylic acids is 1. The highest BCUT2D eigenvalue weighted by atomic mass is 19.4. The van der Waals surface area contributed by atoms with Crippen LogP contribution in [0, 0.1) is 0 Å². The van der Waals surface area contributed by atoms with Gasteiger partial charge in [-0.15, -0.1) is 0 Å². The quantitative estimate of drug-likeness (QED) is 0.749. The molecule has 2 aliphatic carbocycles. The Morgan fingerprint density at radius 2 is 0.957 bits per heavy atom. The minimum atomic E-state index is -7.30. The summed E-state index contributed by atoms with van der Waals surface area (Å²) in [5, 5.41) is 1.09. The summed E-state index contributed by atoms with van der Waals surface area (Å²) in [5.74, 6) is -39.2. The van der Waals surface area contributed by atoms with Crippen LogP contribution in [0.5, 0.6) is 0 Å². The van der Waals surface area contributed by atoms with Crippen LogP contribution in [0.2, 0.25) is 0 Å². The third-order valence-corrected chi connectivity index (χ3v) is 3.67. The smallest absolute Gasteiger partial charge is 0.350 e. The van der Waals surface area contributed by atoms with E-state index in [-0.39, 0.29) is 12.8 Å². The maximum absolute atomic E-state index is 14.0. The summed E-state index contributed by atoms with van der Waals surface area (Å²) in [5.41, 5.74) is -6.57. The number of hydrogen-bond acceptors (Lipinski definition) is 1. The van der Waals surface area contributed by atoms with E-state index < -0.39 is 47.2 Å². The molecule has 0 atom stereocenters. The molecule has 0 aliphatic heterocycles. The van der Waals surface area contributed by atoms with Crippen LogP contribution in [0.1, 0.15) is 12.8 Å². The van der Waals surface area contributed by atoms with Gasteiger partial charge in [0.15, 0.2) is 0 Å². The van der Waals surface area contributed by atoms with E-state index in [9.17, 15) is 53.1 Å². The zero-order valence-corrected chi connectivity index (χ0v) is 10.6. The molecule has 0 aromatic carbocycles. The van der Waals surface area contributed by atoms with Gasteiger partial charge in [-0.2, -0.15) is 43.9 Å². The van der Waals surface area contributed by atoms with Gasteiger partial charge in [-0.1, -0.05) is 0 Å². The molecule has 1 amide bonds. The van der Waals surface area contributed by atoms with Crippen molar-refractivity contribution in [1.82, 2.24) is 5.32 Å². The van der Waals surface area contributed by atoms with Gasteiger partial charge in [0.25, 0.3) is 5.91 Å². The molecule has 13 heteroatoms. The number of carbonyl (C=O) groups is 1. The molecular weight excluding hydrogens is 359 g/mol. The van der Waals surface area contributed by atoms with Crippen LogP contribution in [0.25, 0.3) is 0 Å². The average Bonchev–Trinajstić information content (AvgIpc) is 3.18. The molecule has 2 nitrogen and oxygen atoms in total. The number of alkyl halides is 11. The van der Waals surface area contributed by atoms with Crippen molar-refractivity contribution >= 4 is 5.91 Å². The Bertz CT molecular complexity index is 509. The first-order valence-electron chi connectivity index (χ1n) is 5.89. The van der Waals surface area contributed by atoms with E-state index in [4.69, 9.17) is 0 Å². The number of rotatable bonds is 2. The largest absolute Gasteiger partial charge is 0.384 e. The fourth-order valence-corrected chi connectivity index (χ4v) is 2.02. The van der Waals surface area contributed by atoms with Gasteiger partial charge in [0.2, 0.25) is 0 Å². The Kier molecular flexibility index (Phi) is 3.30. The van der Waals surface area contributed by atoms with E-state index in [0.717, 1.165) is 5.32 Å². The Hall–Kier alpha value is -1.30. The maximum Gasteiger partial charge on any atom is 0.384 e. The van der Waals surface area contributed by atoms with Crippen molar-refractivity contribution in [2.24, 2.45) is 0 Å². The zero-order valence-electron chi connectivity index (χ0n) is 10.6. The Balaban J connectivity index is 2.70. The molecule has 2 aliphatic rings. The summed E-state index contributed by atoms with van der Waals surface area (Å²) in [6.07, 6.45) is -0.0795. The highest BCUT2D eigenvalue weighted by molar-refractivity contribution is 5.89. The first-order valence-corrected chi connectivity index (χ1v) is 5.89. The number of halogens is 11. The second kappa shape index (κ2) is 4.21. The maximum atomic E-state index is 14.0. The first kappa shape index (κ1) is 18.0. The van der Waals surface area contributed by atoms with Gasteiger partial charge in [0.1, 0.15) is 0 Å². The molecule has 0 unspecified atom stereocenters. The third kappa shape index (κ3) is 1.68. The standard InChI is InChI=1S/C10H6F11NO/c11-5(4(23)22-3-1-2-3)6(12,13)8(16,17)10(20,21)9(18,19)7(5,14)15/h3H,1-2H2,(H,22,23). The molecule has 2 fully saturated rings. The zero-order chi connectivity index (χ0) is 18.3. The first-order chi connectivity index (χ1) is 10.00. The molecule has 0 aromatic rings. The van der Waals surface area contributed by atoms with Crippen LogP contribution >= 0.6 is 0 Å². The predicted octanol–water partition coefficient (Wildman–Crippen LogP) is 3.16. The fraction of sp³-hybridized carbons (Fsp3) is 0.900. The van der Waals surface area contributed by atoms with Gasteiger partial charge in [-0.3, -0.25) is 4.79 Å². The lowest BCUT2D eigenvalue weighted by Crippen LogP contribution is -2.86. The predicted molar refractivity (Wildman–Crippen MR) is 49.7 cm³/mol. The van der Waals surface area contributed by atoms with Gasteiger partial charge in [0, 0.05) is 6.04 Å². The van der Waals surface area contributed by atoms with Gasteiger partial charge in [-0.25, -0.2) is 4.39 Å². The average molecular weight is 365 g/mol. The van der Waals surface area contributed by atoms with E-state index >= 15 is 0 Å². The molecule has 0 heterocycles. The molecule has 0 saturated heterocycles. The van der Waals surface area contributed by atoms with E-state index in [2.05, 4.69) is 0 Å². The lowest BCUT2D eigenvalue weighted by Gasteiger charge is -2.51. The highest BCUT2D eigenvalue weighted by Crippen LogP contribution is 2.69. The van der Waals surface area contributed by atoms with Gasteiger partial charge < -0.3 is 5.32 Å². The van der Waals surface area contributed by atoms with Crippen molar-refractivity contribution in [1.29, 1.82) is 0 Å². The van der Waals surface area contributed by atoms with Crippen molar-refractivity contribution in [2.45, 2.75) is 54.2 Å². The fourth-order valence-electron chi connectivity index (χ4n) is 2.02. The van der Waals surface area contributed by atoms with E-state index in [1.54, 1.807) is 0 Å². The van der Waals surface area contributed by atoms with E-state index in [0.29, 0.717) is 0 Å². The Labute approximate surface area is 120 Å². The second-order valence-corrected chi connectivity index (χ2v) is 5.28. The molecule has 0 spiro atoms. The summed E-state index contributed by atoms with van der Waals surface area (Å²) >= 11 is 0. The van der Waals surface area contributed by atoms with Gasteiger partial charge >= 0.3 is 35.3 Å². The van der Waals surface area contributed by atoms with Gasteiger partial charge in [-0.05, 0) is 12.8 Å².